The van der Waals surface area contributed by atoms with Crippen LogP contribution in [-0.4, -0.2) is 12.3 Å². The molecule has 1 aliphatic heterocycles. The fraction of sp³-hybridized carbons (Fsp3) is 0.538. The molecule has 1 aromatic rings. The molecule has 17 heavy (non-hydrogen) atoms. The van der Waals surface area contributed by atoms with Crippen molar-refractivity contribution in [3.8, 4) is 0 Å². The van der Waals surface area contributed by atoms with Gasteiger partial charge in [0.1, 0.15) is 11.6 Å². The number of halogens is 2. The Kier molecular flexibility index (Phi) is 4.05. The van der Waals surface area contributed by atoms with Gasteiger partial charge < -0.3 is 5.32 Å². The Hall–Kier alpha value is -0.610. The zero-order valence-electron chi connectivity index (χ0n) is 10.1. The van der Waals surface area contributed by atoms with Gasteiger partial charge in [-0.1, -0.05) is 13.8 Å². The fourth-order valence-corrected chi connectivity index (χ4v) is 3.52. The largest absolute Gasteiger partial charge is 0.310 e. The third-order valence-corrected chi connectivity index (χ3v) is 4.40. The van der Waals surface area contributed by atoms with Gasteiger partial charge in [-0.05, 0) is 29.8 Å². The minimum absolute atomic E-state index is 0.0511. The first kappa shape index (κ1) is 12.8. The van der Waals surface area contributed by atoms with E-state index in [1.807, 2.05) is 6.92 Å². The minimum atomic E-state index is -0.483. The van der Waals surface area contributed by atoms with Crippen LogP contribution < -0.4 is 5.32 Å². The van der Waals surface area contributed by atoms with Gasteiger partial charge in [-0.25, -0.2) is 8.78 Å². The van der Waals surface area contributed by atoms with Crippen molar-refractivity contribution >= 4 is 11.8 Å². The molecule has 0 aromatic heterocycles. The molecule has 2 rings (SSSR count). The maximum atomic E-state index is 13.8. The van der Waals surface area contributed by atoms with E-state index in [-0.39, 0.29) is 6.04 Å². The Balaban J connectivity index is 2.48. The van der Waals surface area contributed by atoms with Gasteiger partial charge in [0.2, 0.25) is 0 Å². The van der Waals surface area contributed by atoms with Gasteiger partial charge in [0.15, 0.2) is 0 Å². The average molecular weight is 257 g/mol. The first-order valence-corrected chi connectivity index (χ1v) is 7.08. The Morgan fingerprint density at radius 1 is 1.41 bits per heavy atom. The molecule has 2 unspecified atom stereocenters. The highest BCUT2D eigenvalue weighted by Gasteiger charge is 2.26. The van der Waals surface area contributed by atoms with Crippen molar-refractivity contribution in [1.29, 1.82) is 0 Å². The molecule has 2 atom stereocenters. The third kappa shape index (κ3) is 2.63. The summed E-state index contributed by atoms with van der Waals surface area (Å²) in [6.45, 7) is 4.94. The number of hydrogen-bond donors (Lipinski definition) is 1. The molecule has 0 saturated carbocycles. The summed E-state index contributed by atoms with van der Waals surface area (Å²) in [6, 6.07) is 2.52. The monoisotopic (exact) mass is 257 g/mol. The molecule has 0 fully saturated rings. The molecule has 94 valence electrons. The standard InChI is InChI=1S/C13H17F2NS/c1-3-16-13-8(2)6-17-7-11-10(13)4-9(14)5-12(11)15/h4-5,8,13,16H,3,6-7H2,1-2H3. The third-order valence-electron chi connectivity index (χ3n) is 3.15. The molecule has 0 radical (unpaired) electrons. The zero-order valence-corrected chi connectivity index (χ0v) is 10.9. The second-order valence-corrected chi connectivity index (χ2v) is 5.51. The summed E-state index contributed by atoms with van der Waals surface area (Å²) < 4.78 is 27.1. The lowest BCUT2D eigenvalue weighted by molar-refractivity contribution is 0.423. The van der Waals surface area contributed by atoms with Crippen LogP contribution in [0.1, 0.15) is 31.0 Å². The predicted molar refractivity (Wildman–Crippen MR) is 68.1 cm³/mol. The summed E-state index contributed by atoms with van der Waals surface area (Å²) in [7, 11) is 0. The van der Waals surface area contributed by atoms with Gasteiger partial charge in [-0.15, -0.1) is 0 Å². The average Bonchev–Trinajstić information content (AvgIpc) is 2.41. The van der Waals surface area contributed by atoms with Crippen molar-refractivity contribution in [1.82, 2.24) is 5.32 Å². The van der Waals surface area contributed by atoms with E-state index in [1.165, 1.54) is 6.07 Å². The summed E-state index contributed by atoms with van der Waals surface area (Å²) in [5.41, 5.74) is 1.45. The molecule has 4 heteroatoms. The van der Waals surface area contributed by atoms with Crippen LogP contribution in [0, 0.1) is 17.6 Å². The lowest BCUT2D eigenvalue weighted by atomic mass is 9.92. The topological polar surface area (TPSA) is 12.0 Å². The first-order valence-electron chi connectivity index (χ1n) is 5.92. The van der Waals surface area contributed by atoms with E-state index >= 15 is 0 Å². The Bertz CT molecular complexity index is 409. The molecule has 1 heterocycles. The van der Waals surface area contributed by atoms with Crippen LogP contribution in [0.5, 0.6) is 0 Å². The van der Waals surface area contributed by atoms with Crippen LogP contribution in [0.15, 0.2) is 12.1 Å². The van der Waals surface area contributed by atoms with E-state index < -0.39 is 11.6 Å². The van der Waals surface area contributed by atoms with Crippen LogP contribution in [0.2, 0.25) is 0 Å². The molecule has 0 saturated heterocycles. The van der Waals surface area contributed by atoms with Gasteiger partial charge in [-0.2, -0.15) is 11.8 Å². The van der Waals surface area contributed by atoms with E-state index in [2.05, 4.69) is 12.2 Å². The molecule has 1 aliphatic rings. The van der Waals surface area contributed by atoms with Crippen molar-refractivity contribution in [3.05, 3.63) is 34.9 Å². The van der Waals surface area contributed by atoms with E-state index in [1.54, 1.807) is 11.8 Å². The van der Waals surface area contributed by atoms with E-state index in [0.717, 1.165) is 23.9 Å². The lowest BCUT2D eigenvalue weighted by Crippen LogP contribution is -2.28. The highest BCUT2D eigenvalue weighted by atomic mass is 32.2. The van der Waals surface area contributed by atoms with Crippen molar-refractivity contribution in [2.24, 2.45) is 5.92 Å². The maximum Gasteiger partial charge on any atom is 0.130 e. The molecule has 0 spiro atoms. The first-order chi connectivity index (χ1) is 8.13. The van der Waals surface area contributed by atoms with E-state index in [9.17, 15) is 8.78 Å². The molecule has 0 aliphatic carbocycles. The molecule has 1 nitrogen and oxygen atoms in total. The smallest absolute Gasteiger partial charge is 0.130 e. The van der Waals surface area contributed by atoms with Gasteiger partial charge >= 0.3 is 0 Å². The number of benzene rings is 1. The molecular weight excluding hydrogens is 240 g/mol. The molecule has 1 N–H and O–H groups in total. The van der Waals surface area contributed by atoms with Crippen molar-refractivity contribution in [3.63, 3.8) is 0 Å². The summed E-state index contributed by atoms with van der Waals surface area (Å²) in [4.78, 5) is 0. The molecule has 1 aromatic carbocycles. The van der Waals surface area contributed by atoms with Gasteiger partial charge in [0.05, 0.1) is 0 Å². The fourth-order valence-electron chi connectivity index (χ4n) is 2.33. The highest BCUT2D eigenvalue weighted by molar-refractivity contribution is 7.98. The number of nitrogens with one attached hydrogen (secondary N) is 1. The lowest BCUT2D eigenvalue weighted by Gasteiger charge is -2.24. The zero-order chi connectivity index (χ0) is 12.4. The molecule has 0 amide bonds. The summed E-state index contributed by atoms with van der Waals surface area (Å²) in [5, 5.41) is 3.34. The highest BCUT2D eigenvalue weighted by Crippen LogP contribution is 2.35. The van der Waals surface area contributed by atoms with Crippen LogP contribution in [0.4, 0.5) is 8.78 Å². The van der Waals surface area contributed by atoms with Crippen molar-refractivity contribution in [2.45, 2.75) is 25.6 Å². The number of fused-ring (bicyclic) bond motifs is 1. The second-order valence-electron chi connectivity index (χ2n) is 4.48. The number of rotatable bonds is 2. The van der Waals surface area contributed by atoms with Gasteiger partial charge in [0.25, 0.3) is 0 Å². The number of thioether (sulfide) groups is 1. The summed E-state index contributed by atoms with van der Waals surface area (Å²) in [5.74, 6) is 1.08. The predicted octanol–water partition coefficient (Wildman–Crippen LogP) is 3.50. The van der Waals surface area contributed by atoms with Crippen molar-refractivity contribution < 1.29 is 8.78 Å². The quantitative estimate of drug-likeness (QED) is 0.870. The van der Waals surface area contributed by atoms with Crippen LogP contribution >= 0.6 is 11.8 Å². The van der Waals surface area contributed by atoms with Gasteiger partial charge in [-0.3, -0.25) is 0 Å². The SMILES string of the molecule is CCNC1c2cc(F)cc(F)c2CSCC1C. The number of hydrogen-bond acceptors (Lipinski definition) is 2. The van der Waals surface area contributed by atoms with Crippen LogP contribution in [0.3, 0.4) is 0 Å². The second kappa shape index (κ2) is 5.36. The Labute approximate surface area is 105 Å². The molecule has 0 bridgehead atoms. The van der Waals surface area contributed by atoms with E-state index in [4.69, 9.17) is 0 Å². The summed E-state index contributed by atoms with van der Waals surface area (Å²) in [6.07, 6.45) is 0. The minimum Gasteiger partial charge on any atom is -0.310 e. The van der Waals surface area contributed by atoms with Crippen LogP contribution in [-0.2, 0) is 5.75 Å². The Morgan fingerprint density at radius 3 is 2.88 bits per heavy atom. The molecular formula is C13H17F2NS. The summed E-state index contributed by atoms with van der Waals surface area (Å²) >= 11 is 1.71. The van der Waals surface area contributed by atoms with E-state index in [0.29, 0.717) is 17.2 Å². The van der Waals surface area contributed by atoms with Crippen LogP contribution in [0.25, 0.3) is 0 Å². The van der Waals surface area contributed by atoms with Crippen molar-refractivity contribution in [2.75, 3.05) is 12.3 Å². The normalized spacial score (nSPS) is 24.2. The maximum absolute atomic E-state index is 13.8. The Morgan fingerprint density at radius 2 is 2.18 bits per heavy atom. The van der Waals surface area contributed by atoms with Gasteiger partial charge in [0, 0.05) is 23.4 Å².